The quantitative estimate of drug-likeness (QED) is 0.633. The van der Waals surface area contributed by atoms with Gasteiger partial charge in [-0.25, -0.2) is 0 Å². The lowest BCUT2D eigenvalue weighted by Crippen LogP contribution is -2.33. The number of fused-ring (bicyclic) bond motifs is 3. The number of carbonyl (C=O) groups is 1. The second-order valence-corrected chi connectivity index (χ2v) is 5.72. The summed E-state index contributed by atoms with van der Waals surface area (Å²) in [5.41, 5.74) is 1.65. The van der Waals surface area contributed by atoms with E-state index in [0.29, 0.717) is 25.5 Å². The zero-order valence-electron chi connectivity index (χ0n) is 14.4. The van der Waals surface area contributed by atoms with Gasteiger partial charge in [0, 0.05) is 43.1 Å². The molecule has 0 atom stereocenters. The average Bonchev–Trinajstić information content (AvgIpc) is 2.95. The third-order valence-corrected chi connectivity index (χ3v) is 4.10. The minimum absolute atomic E-state index is 0. The number of hydrogen-bond donors (Lipinski definition) is 2. The summed E-state index contributed by atoms with van der Waals surface area (Å²) in [6.45, 7) is 4.58. The number of furan rings is 1. The van der Waals surface area contributed by atoms with Crippen molar-refractivity contribution in [1.82, 2.24) is 10.6 Å². The van der Waals surface area contributed by atoms with E-state index in [1.54, 1.807) is 7.11 Å². The summed E-state index contributed by atoms with van der Waals surface area (Å²) < 4.78 is 10.9. The molecule has 0 aliphatic rings. The molecule has 5 nitrogen and oxygen atoms in total. The maximum absolute atomic E-state index is 12.4. The summed E-state index contributed by atoms with van der Waals surface area (Å²) in [5, 5.41) is 9.19. The molecule has 0 bridgehead atoms. The number of ether oxygens (including phenoxy) is 1. The van der Waals surface area contributed by atoms with E-state index < -0.39 is 0 Å². The van der Waals surface area contributed by atoms with E-state index in [2.05, 4.69) is 16.7 Å². The number of halogens is 1. The minimum atomic E-state index is -0.179. The van der Waals surface area contributed by atoms with Gasteiger partial charge in [0.15, 0.2) is 5.76 Å². The Balaban J connectivity index is 0.00000225. The van der Waals surface area contributed by atoms with Gasteiger partial charge in [-0.15, -0.1) is 12.4 Å². The number of nitrogens with one attached hydrogen (secondary N) is 2. The molecule has 0 saturated heterocycles. The van der Waals surface area contributed by atoms with Gasteiger partial charge in [-0.2, -0.15) is 0 Å². The zero-order valence-corrected chi connectivity index (χ0v) is 15.2. The first-order valence-electron chi connectivity index (χ1n) is 8.11. The van der Waals surface area contributed by atoms with Crippen LogP contribution in [0.3, 0.4) is 0 Å². The fraction of sp³-hybridized carbons (Fsp3) is 0.316. The number of hydrogen-bond acceptors (Lipinski definition) is 4. The summed E-state index contributed by atoms with van der Waals surface area (Å²) in [7, 11) is 1.66. The lowest BCUT2D eigenvalue weighted by atomic mass is 10.1. The highest BCUT2D eigenvalue weighted by atomic mass is 35.5. The van der Waals surface area contributed by atoms with Crippen molar-refractivity contribution in [2.45, 2.75) is 6.92 Å². The van der Waals surface area contributed by atoms with Crippen LogP contribution in [0.1, 0.15) is 16.1 Å². The van der Waals surface area contributed by atoms with Crippen LogP contribution in [0.2, 0.25) is 0 Å². The Bertz CT molecular complexity index is 860. The van der Waals surface area contributed by atoms with Gasteiger partial charge >= 0.3 is 0 Å². The SMILES string of the molecule is COCCNCCNC(=O)c1oc2c(ccc3ccccc32)c1C.Cl. The average molecular weight is 363 g/mol. The van der Waals surface area contributed by atoms with Crippen molar-refractivity contribution < 1.29 is 13.9 Å². The summed E-state index contributed by atoms with van der Waals surface area (Å²) >= 11 is 0. The van der Waals surface area contributed by atoms with Crippen LogP contribution in [0.15, 0.2) is 40.8 Å². The van der Waals surface area contributed by atoms with Crippen molar-refractivity contribution in [1.29, 1.82) is 0 Å². The van der Waals surface area contributed by atoms with Crippen molar-refractivity contribution in [3.63, 3.8) is 0 Å². The molecule has 25 heavy (non-hydrogen) atoms. The topological polar surface area (TPSA) is 63.5 Å². The lowest BCUT2D eigenvalue weighted by molar-refractivity contribution is 0.0927. The Labute approximate surface area is 153 Å². The van der Waals surface area contributed by atoms with Gasteiger partial charge in [0.2, 0.25) is 0 Å². The summed E-state index contributed by atoms with van der Waals surface area (Å²) in [6.07, 6.45) is 0. The summed E-state index contributed by atoms with van der Waals surface area (Å²) in [5.74, 6) is 0.208. The Morgan fingerprint density at radius 3 is 2.68 bits per heavy atom. The summed E-state index contributed by atoms with van der Waals surface area (Å²) in [4.78, 5) is 12.4. The van der Waals surface area contributed by atoms with E-state index in [-0.39, 0.29) is 18.3 Å². The fourth-order valence-corrected chi connectivity index (χ4v) is 2.81. The lowest BCUT2D eigenvalue weighted by Gasteiger charge is -2.05. The van der Waals surface area contributed by atoms with E-state index in [1.807, 2.05) is 37.3 Å². The molecule has 2 aromatic carbocycles. The van der Waals surface area contributed by atoms with Crippen molar-refractivity contribution in [2.24, 2.45) is 0 Å². The predicted molar refractivity (Wildman–Crippen MR) is 103 cm³/mol. The number of benzene rings is 2. The number of rotatable bonds is 7. The molecule has 6 heteroatoms. The van der Waals surface area contributed by atoms with Crippen molar-refractivity contribution in [3.8, 4) is 0 Å². The van der Waals surface area contributed by atoms with Crippen LogP contribution in [0.4, 0.5) is 0 Å². The van der Waals surface area contributed by atoms with Crippen molar-refractivity contribution >= 4 is 40.1 Å². The number of methoxy groups -OCH3 is 1. The Morgan fingerprint density at radius 2 is 1.88 bits per heavy atom. The Morgan fingerprint density at radius 1 is 1.08 bits per heavy atom. The van der Waals surface area contributed by atoms with Crippen LogP contribution >= 0.6 is 12.4 Å². The molecule has 0 fully saturated rings. The Hall–Kier alpha value is -2.08. The van der Waals surface area contributed by atoms with Crippen LogP contribution in [0.5, 0.6) is 0 Å². The van der Waals surface area contributed by atoms with Gasteiger partial charge in [-0.05, 0) is 12.3 Å². The first-order valence-corrected chi connectivity index (χ1v) is 8.11. The maximum atomic E-state index is 12.4. The molecule has 0 aliphatic carbocycles. The first kappa shape index (κ1) is 19.2. The molecule has 3 rings (SSSR count). The standard InChI is InChI=1S/C19H22N2O3.ClH/c1-13-15-8-7-14-5-3-4-6-16(14)18(15)24-17(13)19(22)21-10-9-20-11-12-23-2;/h3-8,20H,9-12H2,1-2H3,(H,21,22);1H. The Kier molecular flexibility index (Phi) is 6.82. The molecule has 0 aliphatic heterocycles. The maximum Gasteiger partial charge on any atom is 0.287 e. The molecule has 2 N–H and O–H groups in total. The fourth-order valence-electron chi connectivity index (χ4n) is 2.81. The molecule has 1 aromatic heterocycles. The number of amides is 1. The smallest absolute Gasteiger partial charge is 0.287 e. The zero-order chi connectivity index (χ0) is 16.9. The highest BCUT2D eigenvalue weighted by Gasteiger charge is 2.18. The van der Waals surface area contributed by atoms with Crippen LogP contribution in [-0.4, -0.2) is 39.3 Å². The molecular formula is C19H23ClN2O3. The van der Waals surface area contributed by atoms with Crippen LogP contribution in [0, 0.1) is 6.92 Å². The van der Waals surface area contributed by atoms with E-state index in [0.717, 1.165) is 33.8 Å². The molecule has 3 aromatic rings. The first-order chi connectivity index (χ1) is 11.7. The monoisotopic (exact) mass is 362 g/mol. The van der Waals surface area contributed by atoms with Crippen LogP contribution < -0.4 is 10.6 Å². The molecular weight excluding hydrogens is 340 g/mol. The molecule has 0 unspecified atom stereocenters. The highest BCUT2D eigenvalue weighted by molar-refractivity contribution is 6.08. The van der Waals surface area contributed by atoms with Crippen molar-refractivity contribution in [3.05, 3.63) is 47.7 Å². The van der Waals surface area contributed by atoms with Gasteiger partial charge < -0.3 is 19.8 Å². The van der Waals surface area contributed by atoms with E-state index >= 15 is 0 Å². The molecule has 1 amide bonds. The molecule has 134 valence electrons. The second kappa shape index (κ2) is 8.85. The second-order valence-electron chi connectivity index (χ2n) is 5.72. The molecule has 0 saturated carbocycles. The molecule has 0 spiro atoms. The number of aryl methyl sites for hydroxylation is 1. The van der Waals surface area contributed by atoms with Gasteiger partial charge in [0.05, 0.1) is 6.61 Å². The molecule has 1 heterocycles. The van der Waals surface area contributed by atoms with E-state index in [4.69, 9.17) is 9.15 Å². The van der Waals surface area contributed by atoms with E-state index in [9.17, 15) is 4.79 Å². The van der Waals surface area contributed by atoms with Gasteiger partial charge in [0.1, 0.15) is 5.58 Å². The van der Waals surface area contributed by atoms with E-state index in [1.165, 1.54) is 0 Å². The molecule has 0 radical (unpaired) electrons. The predicted octanol–water partition coefficient (Wildman–Crippen LogP) is 3.28. The number of carbonyl (C=O) groups excluding carboxylic acids is 1. The van der Waals surface area contributed by atoms with Crippen LogP contribution in [-0.2, 0) is 4.74 Å². The van der Waals surface area contributed by atoms with Gasteiger partial charge in [-0.3, -0.25) is 4.79 Å². The van der Waals surface area contributed by atoms with Crippen molar-refractivity contribution in [2.75, 3.05) is 33.4 Å². The third kappa shape index (κ3) is 4.12. The van der Waals surface area contributed by atoms with Crippen LogP contribution in [0.25, 0.3) is 21.7 Å². The third-order valence-electron chi connectivity index (χ3n) is 4.10. The normalized spacial score (nSPS) is 10.8. The summed E-state index contributed by atoms with van der Waals surface area (Å²) in [6, 6.07) is 12.1. The van der Waals surface area contributed by atoms with Gasteiger partial charge in [-0.1, -0.05) is 36.4 Å². The minimum Gasteiger partial charge on any atom is -0.450 e. The highest BCUT2D eigenvalue weighted by Crippen LogP contribution is 2.31. The van der Waals surface area contributed by atoms with Gasteiger partial charge in [0.25, 0.3) is 5.91 Å². The largest absolute Gasteiger partial charge is 0.450 e.